The van der Waals surface area contributed by atoms with Crippen LogP contribution in [0.15, 0.2) is 24.3 Å². The number of hydrogen-bond acceptors (Lipinski definition) is 3. The van der Waals surface area contributed by atoms with Crippen LogP contribution in [0.4, 0.5) is 5.82 Å². The zero-order chi connectivity index (χ0) is 17.2. The zero-order valence-corrected chi connectivity index (χ0v) is 14.3. The van der Waals surface area contributed by atoms with Gasteiger partial charge in [0, 0.05) is 24.4 Å². The summed E-state index contributed by atoms with van der Waals surface area (Å²) in [5.74, 6) is 0.331. The molecule has 2 N–H and O–H groups in total. The van der Waals surface area contributed by atoms with Crippen molar-refractivity contribution in [2.24, 2.45) is 5.92 Å². The first kappa shape index (κ1) is 16.1. The van der Waals surface area contributed by atoms with Gasteiger partial charge in [-0.3, -0.25) is 19.6 Å². The maximum absolute atomic E-state index is 12.6. The molecule has 2 amide bonds. The average molecular weight is 340 g/mol. The van der Waals surface area contributed by atoms with Gasteiger partial charge in [0.05, 0.1) is 11.4 Å². The molecule has 2 fully saturated rings. The van der Waals surface area contributed by atoms with Crippen LogP contribution in [0.5, 0.6) is 0 Å². The van der Waals surface area contributed by atoms with Crippen molar-refractivity contribution in [1.82, 2.24) is 15.5 Å². The first-order chi connectivity index (χ1) is 12.2. The number of rotatable bonds is 3. The highest BCUT2D eigenvalue weighted by Gasteiger charge is 2.37. The Morgan fingerprint density at radius 2 is 1.92 bits per heavy atom. The van der Waals surface area contributed by atoms with Gasteiger partial charge < -0.3 is 5.32 Å². The highest BCUT2D eigenvalue weighted by atomic mass is 16.2. The molecule has 1 aliphatic carbocycles. The molecule has 132 valence electrons. The summed E-state index contributed by atoms with van der Waals surface area (Å²) in [5, 5.41) is 11.4. The molecule has 1 aromatic heterocycles. The van der Waals surface area contributed by atoms with Crippen LogP contribution in [0, 0.1) is 5.92 Å². The van der Waals surface area contributed by atoms with Gasteiger partial charge in [-0.05, 0) is 25.0 Å². The Morgan fingerprint density at radius 3 is 2.72 bits per heavy atom. The Morgan fingerprint density at radius 1 is 1.16 bits per heavy atom. The predicted molar refractivity (Wildman–Crippen MR) is 96.2 cm³/mol. The lowest BCUT2D eigenvalue weighted by Gasteiger charge is -2.19. The maximum atomic E-state index is 12.6. The normalized spacial score (nSPS) is 22.3. The Bertz CT molecular complexity index is 777. The van der Waals surface area contributed by atoms with E-state index in [0.29, 0.717) is 12.4 Å². The number of carbonyl (C=O) groups is 2. The third kappa shape index (κ3) is 3.25. The van der Waals surface area contributed by atoms with E-state index in [1.807, 2.05) is 24.3 Å². The summed E-state index contributed by atoms with van der Waals surface area (Å²) < 4.78 is 0. The number of anilines is 1. The number of para-hydroxylation sites is 1. The van der Waals surface area contributed by atoms with E-state index in [1.54, 1.807) is 4.90 Å². The summed E-state index contributed by atoms with van der Waals surface area (Å²) >= 11 is 0. The number of nitrogens with one attached hydrogen (secondary N) is 2. The summed E-state index contributed by atoms with van der Waals surface area (Å²) in [6.07, 6.45) is 7.25. The summed E-state index contributed by atoms with van der Waals surface area (Å²) in [4.78, 5) is 26.8. The van der Waals surface area contributed by atoms with Crippen LogP contribution in [0.1, 0.15) is 44.9 Å². The standard InChI is InChI=1S/C19H24N4O2/c24-17-11-13(19(25)20-14-7-3-1-2-4-8-14)12-23(17)18-15-9-5-6-10-16(15)21-22-18/h5-6,9-10,13-14H,1-4,7-8,11-12H2,(H,20,25)(H,21,22)/t13-/m1/s1. The Labute approximate surface area is 147 Å². The van der Waals surface area contributed by atoms with Gasteiger partial charge in [-0.15, -0.1) is 0 Å². The van der Waals surface area contributed by atoms with E-state index in [4.69, 9.17) is 0 Å². The van der Waals surface area contributed by atoms with Crippen LogP contribution < -0.4 is 10.2 Å². The number of benzene rings is 1. The number of nitrogens with zero attached hydrogens (tertiary/aromatic N) is 2. The van der Waals surface area contributed by atoms with E-state index in [0.717, 1.165) is 23.7 Å². The minimum atomic E-state index is -0.286. The van der Waals surface area contributed by atoms with Crippen molar-refractivity contribution < 1.29 is 9.59 Å². The van der Waals surface area contributed by atoms with Crippen LogP contribution in [0.25, 0.3) is 10.9 Å². The number of amides is 2. The van der Waals surface area contributed by atoms with E-state index in [1.165, 1.54) is 25.7 Å². The van der Waals surface area contributed by atoms with E-state index in [-0.39, 0.29) is 30.2 Å². The van der Waals surface area contributed by atoms with Crippen molar-refractivity contribution in [3.05, 3.63) is 24.3 Å². The molecule has 0 spiro atoms. The number of fused-ring (bicyclic) bond motifs is 1. The fourth-order valence-corrected chi connectivity index (χ4v) is 3.99. The van der Waals surface area contributed by atoms with E-state index in [2.05, 4.69) is 15.5 Å². The SMILES string of the molecule is O=C(NC1CCCCCC1)[C@@H]1CC(=O)N(c2n[nH]c3ccccc23)C1. The molecule has 2 heterocycles. The summed E-state index contributed by atoms with van der Waals surface area (Å²) in [7, 11) is 0. The number of aromatic amines is 1. The summed E-state index contributed by atoms with van der Waals surface area (Å²) in [6, 6.07) is 8.01. The lowest BCUT2D eigenvalue weighted by Crippen LogP contribution is -2.39. The Hall–Kier alpha value is -2.37. The average Bonchev–Trinajstić information content (AvgIpc) is 3.11. The van der Waals surface area contributed by atoms with Crippen LogP contribution in [0.2, 0.25) is 0 Å². The zero-order valence-electron chi connectivity index (χ0n) is 14.3. The Kier molecular flexibility index (Phi) is 4.42. The van der Waals surface area contributed by atoms with Gasteiger partial charge in [0.2, 0.25) is 11.8 Å². The largest absolute Gasteiger partial charge is 0.353 e. The fraction of sp³-hybridized carbons (Fsp3) is 0.526. The van der Waals surface area contributed by atoms with E-state index < -0.39 is 0 Å². The van der Waals surface area contributed by atoms with Crippen molar-refractivity contribution >= 4 is 28.5 Å². The molecule has 0 radical (unpaired) electrons. The molecule has 2 aliphatic rings. The van der Waals surface area contributed by atoms with Crippen LogP contribution in [-0.2, 0) is 9.59 Å². The lowest BCUT2D eigenvalue weighted by molar-refractivity contribution is -0.127. The molecule has 1 saturated heterocycles. The van der Waals surface area contributed by atoms with Gasteiger partial charge in [0.1, 0.15) is 0 Å². The van der Waals surface area contributed by atoms with Gasteiger partial charge in [-0.25, -0.2) is 0 Å². The minimum absolute atomic E-state index is 0.0163. The van der Waals surface area contributed by atoms with Gasteiger partial charge in [0.15, 0.2) is 5.82 Å². The van der Waals surface area contributed by atoms with E-state index in [9.17, 15) is 9.59 Å². The van der Waals surface area contributed by atoms with Gasteiger partial charge in [0.25, 0.3) is 0 Å². The Balaban J connectivity index is 1.45. The van der Waals surface area contributed by atoms with Crippen molar-refractivity contribution in [2.75, 3.05) is 11.4 Å². The van der Waals surface area contributed by atoms with Crippen LogP contribution >= 0.6 is 0 Å². The first-order valence-electron chi connectivity index (χ1n) is 9.26. The number of aromatic nitrogens is 2. The second kappa shape index (κ2) is 6.86. The number of hydrogen-bond donors (Lipinski definition) is 2. The molecule has 1 aliphatic heterocycles. The highest BCUT2D eigenvalue weighted by molar-refractivity contribution is 6.05. The maximum Gasteiger partial charge on any atom is 0.229 e. The molecule has 25 heavy (non-hydrogen) atoms. The number of carbonyl (C=O) groups excluding carboxylic acids is 2. The molecule has 0 unspecified atom stereocenters. The molecule has 6 nitrogen and oxygen atoms in total. The monoisotopic (exact) mass is 340 g/mol. The van der Waals surface area contributed by atoms with Gasteiger partial charge in [-0.1, -0.05) is 37.8 Å². The molecule has 6 heteroatoms. The molecule has 1 aromatic carbocycles. The summed E-state index contributed by atoms with van der Waals surface area (Å²) in [6.45, 7) is 0.409. The third-order valence-corrected chi connectivity index (χ3v) is 5.40. The van der Waals surface area contributed by atoms with Crippen molar-refractivity contribution in [3.63, 3.8) is 0 Å². The van der Waals surface area contributed by atoms with Crippen molar-refractivity contribution in [1.29, 1.82) is 0 Å². The van der Waals surface area contributed by atoms with Gasteiger partial charge >= 0.3 is 0 Å². The molecule has 1 atom stereocenters. The smallest absolute Gasteiger partial charge is 0.229 e. The van der Waals surface area contributed by atoms with Crippen molar-refractivity contribution in [2.45, 2.75) is 51.0 Å². The lowest BCUT2D eigenvalue weighted by atomic mass is 10.0. The molecule has 1 saturated carbocycles. The molecule has 2 aromatic rings. The second-order valence-electron chi connectivity index (χ2n) is 7.20. The fourth-order valence-electron chi connectivity index (χ4n) is 3.99. The van der Waals surface area contributed by atoms with Crippen LogP contribution in [-0.4, -0.2) is 34.6 Å². The summed E-state index contributed by atoms with van der Waals surface area (Å²) in [5.41, 5.74) is 0.900. The molecule has 4 rings (SSSR count). The molecular weight excluding hydrogens is 316 g/mol. The molecule has 0 bridgehead atoms. The third-order valence-electron chi connectivity index (χ3n) is 5.40. The predicted octanol–water partition coefficient (Wildman–Crippen LogP) is 2.75. The van der Waals surface area contributed by atoms with Crippen LogP contribution in [0.3, 0.4) is 0 Å². The highest BCUT2D eigenvalue weighted by Crippen LogP contribution is 2.30. The minimum Gasteiger partial charge on any atom is -0.353 e. The first-order valence-corrected chi connectivity index (χ1v) is 9.26. The van der Waals surface area contributed by atoms with Crippen molar-refractivity contribution in [3.8, 4) is 0 Å². The second-order valence-corrected chi connectivity index (χ2v) is 7.20. The quantitative estimate of drug-likeness (QED) is 0.843. The number of H-pyrrole nitrogens is 1. The molecular formula is C19H24N4O2. The topological polar surface area (TPSA) is 78.1 Å². The van der Waals surface area contributed by atoms with E-state index >= 15 is 0 Å². The van der Waals surface area contributed by atoms with Gasteiger partial charge in [-0.2, -0.15) is 5.10 Å².